The van der Waals surface area contributed by atoms with Gasteiger partial charge in [0.25, 0.3) is 5.56 Å². The summed E-state index contributed by atoms with van der Waals surface area (Å²) < 4.78 is 28.4. The average molecular weight is 270 g/mol. The number of alkyl halides is 1. The van der Waals surface area contributed by atoms with Crippen LogP contribution in [0.1, 0.15) is 5.56 Å². The molecule has 92 valence electrons. The predicted molar refractivity (Wildman–Crippen MR) is 62.8 cm³/mol. The van der Waals surface area contributed by atoms with E-state index in [4.69, 9.17) is 11.6 Å². The zero-order valence-electron chi connectivity index (χ0n) is 8.88. The lowest BCUT2D eigenvalue weighted by Crippen LogP contribution is -2.13. The van der Waals surface area contributed by atoms with E-state index in [-0.39, 0.29) is 28.0 Å². The maximum atomic E-state index is 14.0. The smallest absolute Gasteiger partial charge is 0.277 e. The van der Waals surface area contributed by atoms with E-state index >= 15 is 0 Å². The van der Waals surface area contributed by atoms with Crippen molar-refractivity contribution in [2.45, 2.75) is 5.88 Å². The Morgan fingerprint density at radius 1 is 1.39 bits per heavy atom. The molecule has 0 unspecified atom stereocenters. The van der Waals surface area contributed by atoms with Crippen molar-refractivity contribution in [3.63, 3.8) is 0 Å². The van der Waals surface area contributed by atoms with Crippen LogP contribution in [0.15, 0.2) is 23.1 Å². The molecular weight excluding hydrogens is 264 g/mol. The molecule has 1 aromatic carbocycles. The molecule has 0 fully saturated rings. The fourth-order valence-electron chi connectivity index (χ4n) is 1.90. The first kappa shape index (κ1) is 11.2. The first-order chi connectivity index (χ1) is 8.63. The highest BCUT2D eigenvalue weighted by Gasteiger charge is 2.15. The van der Waals surface area contributed by atoms with E-state index in [1.54, 1.807) is 0 Å². The lowest BCUT2D eigenvalue weighted by molar-refractivity contribution is 0.624. The van der Waals surface area contributed by atoms with Crippen molar-refractivity contribution in [2.75, 3.05) is 0 Å². The molecule has 2 heterocycles. The standard InChI is InChI=1S/C11H6ClF2N3O/c12-3-5-1-2-7-9(8(5)14)16-11(18)10-6(13)4-15-17(7)10/h1-2,4H,3H2,(H,16,18). The molecule has 0 bridgehead atoms. The number of nitrogens with one attached hydrogen (secondary N) is 1. The highest BCUT2D eigenvalue weighted by atomic mass is 35.5. The van der Waals surface area contributed by atoms with Gasteiger partial charge >= 0.3 is 0 Å². The molecule has 0 saturated carbocycles. The normalized spacial score (nSPS) is 11.5. The van der Waals surface area contributed by atoms with Gasteiger partial charge in [0.2, 0.25) is 0 Å². The van der Waals surface area contributed by atoms with E-state index in [9.17, 15) is 13.6 Å². The number of H-pyrrole nitrogens is 1. The Morgan fingerprint density at radius 2 is 2.17 bits per heavy atom. The molecule has 7 heteroatoms. The molecule has 4 nitrogen and oxygen atoms in total. The van der Waals surface area contributed by atoms with Gasteiger partial charge in [-0.25, -0.2) is 13.3 Å². The number of nitrogens with zero attached hydrogens (tertiary/aromatic N) is 2. The molecular formula is C11H6ClF2N3O. The minimum absolute atomic E-state index is 0.0185. The third kappa shape index (κ3) is 1.35. The van der Waals surface area contributed by atoms with Gasteiger partial charge in [-0.1, -0.05) is 6.07 Å². The van der Waals surface area contributed by atoms with Crippen LogP contribution in [-0.2, 0) is 5.88 Å². The van der Waals surface area contributed by atoms with E-state index in [0.29, 0.717) is 0 Å². The highest BCUT2D eigenvalue weighted by molar-refractivity contribution is 6.17. The third-order valence-corrected chi connectivity index (χ3v) is 3.04. The maximum absolute atomic E-state index is 14.0. The number of aromatic nitrogens is 3. The largest absolute Gasteiger partial charge is 0.316 e. The Kier molecular flexibility index (Phi) is 2.34. The number of aromatic amines is 1. The van der Waals surface area contributed by atoms with Gasteiger partial charge < -0.3 is 4.98 Å². The summed E-state index contributed by atoms with van der Waals surface area (Å²) in [5, 5.41) is 3.73. The Labute approximate surface area is 104 Å². The molecule has 0 atom stereocenters. The van der Waals surface area contributed by atoms with Crippen molar-refractivity contribution in [2.24, 2.45) is 0 Å². The second-order valence-corrected chi connectivity index (χ2v) is 4.04. The average Bonchev–Trinajstić information content (AvgIpc) is 2.74. The van der Waals surface area contributed by atoms with Gasteiger partial charge in [0.05, 0.1) is 17.6 Å². The molecule has 0 saturated heterocycles. The summed E-state index contributed by atoms with van der Waals surface area (Å²) in [4.78, 5) is 14.0. The topological polar surface area (TPSA) is 50.2 Å². The number of benzene rings is 1. The van der Waals surface area contributed by atoms with Gasteiger partial charge in [0.1, 0.15) is 5.52 Å². The maximum Gasteiger partial charge on any atom is 0.277 e. The quantitative estimate of drug-likeness (QED) is 0.689. The SMILES string of the molecule is O=c1[nH]c2c(F)c(CCl)ccc2n2ncc(F)c12. The van der Waals surface area contributed by atoms with Gasteiger partial charge in [0.15, 0.2) is 17.2 Å². The van der Waals surface area contributed by atoms with Crippen LogP contribution in [0.4, 0.5) is 8.78 Å². The molecule has 3 rings (SSSR count). The molecule has 0 aliphatic carbocycles. The third-order valence-electron chi connectivity index (χ3n) is 2.75. The molecule has 0 radical (unpaired) electrons. The molecule has 3 aromatic rings. The molecule has 0 aliphatic heterocycles. The minimum Gasteiger partial charge on any atom is -0.316 e. The number of halogens is 3. The summed E-state index contributed by atoms with van der Waals surface area (Å²) >= 11 is 5.58. The van der Waals surface area contributed by atoms with Gasteiger partial charge in [-0.05, 0) is 6.07 Å². The fraction of sp³-hybridized carbons (Fsp3) is 0.0909. The van der Waals surface area contributed by atoms with Crippen LogP contribution in [-0.4, -0.2) is 14.6 Å². The van der Waals surface area contributed by atoms with Crippen molar-refractivity contribution < 1.29 is 8.78 Å². The minimum atomic E-state index is -0.750. The Hall–Kier alpha value is -1.95. The highest BCUT2D eigenvalue weighted by Crippen LogP contribution is 2.20. The molecule has 2 aromatic heterocycles. The number of rotatable bonds is 1. The summed E-state index contributed by atoms with van der Waals surface area (Å²) in [6.45, 7) is 0. The van der Waals surface area contributed by atoms with Crippen molar-refractivity contribution in [1.82, 2.24) is 14.6 Å². The van der Waals surface area contributed by atoms with E-state index < -0.39 is 17.2 Å². The van der Waals surface area contributed by atoms with Crippen LogP contribution >= 0.6 is 11.6 Å². The predicted octanol–water partition coefficient (Wildman–Crippen LogP) is 2.19. The lowest BCUT2D eigenvalue weighted by Gasteiger charge is -2.05. The van der Waals surface area contributed by atoms with Crippen molar-refractivity contribution in [3.05, 3.63) is 45.9 Å². The van der Waals surface area contributed by atoms with Crippen molar-refractivity contribution in [3.8, 4) is 0 Å². The van der Waals surface area contributed by atoms with E-state index in [0.717, 1.165) is 10.7 Å². The van der Waals surface area contributed by atoms with Gasteiger partial charge in [-0.2, -0.15) is 5.10 Å². The van der Waals surface area contributed by atoms with E-state index in [2.05, 4.69) is 10.1 Å². The van der Waals surface area contributed by atoms with Crippen LogP contribution < -0.4 is 5.56 Å². The molecule has 0 aliphatic rings. The first-order valence-electron chi connectivity index (χ1n) is 5.06. The van der Waals surface area contributed by atoms with Crippen LogP contribution in [0.5, 0.6) is 0 Å². The summed E-state index contributed by atoms with van der Waals surface area (Å²) in [5.74, 6) is -1.40. The molecule has 0 spiro atoms. The fourth-order valence-corrected chi connectivity index (χ4v) is 2.10. The van der Waals surface area contributed by atoms with Gasteiger partial charge in [-0.3, -0.25) is 4.79 Å². The summed E-state index contributed by atoms with van der Waals surface area (Å²) in [6.07, 6.45) is 0.914. The summed E-state index contributed by atoms with van der Waals surface area (Å²) in [6, 6.07) is 3.01. The van der Waals surface area contributed by atoms with Crippen LogP contribution in [0.3, 0.4) is 0 Å². The molecule has 0 amide bonds. The number of hydrogen-bond acceptors (Lipinski definition) is 2. The first-order valence-corrected chi connectivity index (χ1v) is 5.59. The summed E-state index contributed by atoms with van der Waals surface area (Å²) in [7, 11) is 0. The van der Waals surface area contributed by atoms with E-state index in [1.807, 2.05) is 0 Å². The Balaban J connectivity index is 2.58. The Bertz CT molecular complexity index is 824. The molecule has 1 N–H and O–H groups in total. The zero-order chi connectivity index (χ0) is 12.9. The number of hydrogen-bond donors (Lipinski definition) is 1. The number of fused-ring (bicyclic) bond motifs is 3. The summed E-state index contributed by atoms with van der Waals surface area (Å²) in [5.41, 5.74) is -0.468. The zero-order valence-corrected chi connectivity index (χ0v) is 9.63. The molecule has 18 heavy (non-hydrogen) atoms. The second kappa shape index (κ2) is 3.78. The Morgan fingerprint density at radius 3 is 2.89 bits per heavy atom. The van der Waals surface area contributed by atoms with Crippen LogP contribution in [0.25, 0.3) is 16.6 Å². The monoisotopic (exact) mass is 269 g/mol. The van der Waals surface area contributed by atoms with E-state index in [1.165, 1.54) is 12.1 Å². The van der Waals surface area contributed by atoms with Gasteiger partial charge in [0, 0.05) is 5.56 Å². The second-order valence-electron chi connectivity index (χ2n) is 3.77. The van der Waals surface area contributed by atoms with Crippen LogP contribution in [0, 0.1) is 11.6 Å². The van der Waals surface area contributed by atoms with Crippen molar-refractivity contribution >= 4 is 28.2 Å². The van der Waals surface area contributed by atoms with Crippen molar-refractivity contribution in [1.29, 1.82) is 0 Å². The van der Waals surface area contributed by atoms with Crippen LogP contribution in [0.2, 0.25) is 0 Å². The lowest BCUT2D eigenvalue weighted by atomic mass is 10.2. The van der Waals surface area contributed by atoms with Gasteiger partial charge in [-0.15, -0.1) is 11.6 Å².